The van der Waals surface area contributed by atoms with E-state index in [-0.39, 0.29) is 24.7 Å². The maximum Gasteiger partial charge on any atom is 0.407 e. The van der Waals surface area contributed by atoms with Gasteiger partial charge in [0.25, 0.3) is 0 Å². The number of amides is 1. The summed E-state index contributed by atoms with van der Waals surface area (Å²) in [5.74, 6) is 1.94. The minimum Gasteiger partial charge on any atom is -0.465 e. The minimum absolute atomic E-state index is 0.0486. The number of hydrogen-bond acceptors (Lipinski definition) is 7. The highest BCUT2D eigenvalue weighted by Gasteiger charge is 2.43. The second-order valence-electron chi connectivity index (χ2n) is 8.33. The Hall–Kier alpha value is -3.40. The molecule has 162 valence electrons. The molecule has 10 nitrogen and oxygen atoms in total. The van der Waals surface area contributed by atoms with Gasteiger partial charge in [0.2, 0.25) is 0 Å². The van der Waals surface area contributed by atoms with E-state index in [1.54, 1.807) is 11.0 Å². The number of pyridine rings is 2. The number of hydrogen-bond donors (Lipinski definition) is 5. The molecule has 2 bridgehead atoms. The summed E-state index contributed by atoms with van der Waals surface area (Å²) in [7, 11) is 0. The third-order valence-electron chi connectivity index (χ3n) is 6.16. The van der Waals surface area contributed by atoms with E-state index >= 15 is 0 Å². The van der Waals surface area contributed by atoms with Gasteiger partial charge in [0.1, 0.15) is 11.6 Å². The van der Waals surface area contributed by atoms with E-state index in [1.807, 2.05) is 25.1 Å². The fourth-order valence-corrected chi connectivity index (χ4v) is 4.85. The lowest BCUT2D eigenvalue weighted by Crippen LogP contribution is -2.49. The first-order chi connectivity index (χ1) is 15.0. The summed E-state index contributed by atoms with van der Waals surface area (Å²) in [4.78, 5) is 22.5. The number of fused-ring (bicyclic) bond motifs is 3. The number of nitrogens with zero attached hydrogens (tertiary/aromatic N) is 4. The Morgan fingerprint density at radius 1 is 1.19 bits per heavy atom. The van der Waals surface area contributed by atoms with Gasteiger partial charge in [-0.3, -0.25) is 10.1 Å². The van der Waals surface area contributed by atoms with Gasteiger partial charge >= 0.3 is 6.09 Å². The van der Waals surface area contributed by atoms with Crippen molar-refractivity contribution in [2.75, 3.05) is 10.6 Å². The molecule has 0 aliphatic carbocycles. The van der Waals surface area contributed by atoms with Crippen molar-refractivity contribution in [1.29, 1.82) is 0 Å². The number of aliphatic hydroxyl groups is 1. The Bertz CT molecular complexity index is 1120. The average molecular weight is 423 g/mol. The number of rotatable bonds is 5. The standard InChI is InChI=1S/C21H25N7O3/c1-11-6-19(27-26-11)24-18-9-17-16(5-2-12(10-29)22-17)20(25-18)23-13-7-14-3-4-15(8-13)28(14)21(30)31/h2,5-6,9,13-15,29H,3-4,7-8,10H2,1H3,(H,30,31)(H3,23,24,25,26,27)/t13-,14+,15-. The third kappa shape index (κ3) is 3.74. The maximum absolute atomic E-state index is 11.6. The molecule has 10 heteroatoms. The number of H-pyrrole nitrogens is 1. The van der Waals surface area contributed by atoms with Gasteiger partial charge in [-0.2, -0.15) is 5.10 Å². The summed E-state index contributed by atoms with van der Waals surface area (Å²) in [6.07, 6.45) is 2.50. The zero-order valence-electron chi connectivity index (χ0n) is 17.2. The Morgan fingerprint density at radius 3 is 2.61 bits per heavy atom. The number of piperidine rings is 1. The molecule has 5 heterocycles. The fourth-order valence-electron chi connectivity index (χ4n) is 4.85. The molecule has 3 aromatic heterocycles. The van der Waals surface area contributed by atoms with E-state index in [0.29, 0.717) is 28.7 Å². The van der Waals surface area contributed by atoms with Crippen LogP contribution in [-0.4, -0.2) is 59.5 Å². The number of carboxylic acid groups (broad SMARTS) is 1. The average Bonchev–Trinajstić information content (AvgIpc) is 3.27. The predicted molar refractivity (Wildman–Crippen MR) is 115 cm³/mol. The van der Waals surface area contributed by atoms with Gasteiger partial charge in [-0.15, -0.1) is 0 Å². The fraction of sp³-hybridized carbons (Fsp3) is 0.429. The summed E-state index contributed by atoms with van der Waals surface area (Å²) < 4.78 is 0. The second kappa shape index (κ2) is 7.69. The van der Waals surface area contributed by atoms with Gasteiger partial charge in [-0.25, -0.2) is 9.78 Å². The van der Waals surface area contributed by atoms with Crippen LogP contribution in [-0.2, 0) is 6.61 Å². The Morgan fingerprint density at radius 2 is 1.97 bits per heavy atom. The van der Waals surface area contributed by atoms with Crippen molar-refractivity contribution in [1.82, 2.24) is 25.1 Å². The van der Waals surface area contributed by atoms with Gasteiger partial charge in [-0.1, -0.05) is 0 Å². The van der Waals surface area contributed by atoms with Gasteiger partial charge in [0.15, 0.2) is 5.82 Å². The molecule has 0 saturated carbocycles. The second-order valence-corrected chi connectivity index (χ2v) is 8.33. The number of anilines is 3. The van der Waals surface area contributed by atoms with E-state index in [4.69, 9.17) is 4.98 Å². The molecule has 5 N–H and O–H groups in total. The van der Waals surface area contributed by atoms with Crippen molar-refractivity contribution >= 4 is 34.4 Å². The lowest BCUT2D eigenvalue weighted by molar-refractivity contribution is 0.0994. The molecule has 3 atom stereocenters. The summed E-state index contributed by atoms with van der Waals surface area (Å²) in [5.41, 5.74) is 2.23. The smallest absolute Gasteiger partial charge is 0.407 e. The van der Waals surface area contributed by atoms with Crippen LogP contribution in [0.3, 0.4) is 0 Å². The third-order valence-corrected chi connectivity index (χ3v) is 6.16. The van der Waals surface area contributed by atoms with Crippen LogP contribution >= 0.6 is 0 Å². The topological polar surface area (TPSA) is 139 Å². The zero-order chi connectivity index (χ0) is 21.5. The molecule has 2 fully saturated rings. The van der Waals surface area contributed by atoms with E-state index in [9.17, 15) is 15.0 Å². The summed E-state index contributed by atoms with van der Waals surface area (Å²) in [5, 5.41) is 33.7. The van der Waals surface area contributed by atoms with Gasteiger partial charge in [0, 0.05) is 41.3 Å². The highest BCUT2D eigenvalue weighted by atomic mass is 16.4. The van der Waals surface area contributed by atoms with Crippen LogP contribution in [0.15, 0.2) is 24.3 Å². The first kappa shape index (κ1) is 19.6. The van der Waals surface area contributed by atoms with E-state index in [0.717, 1.165) is 36.8 Å². The van der Waals surface area contributed by atoms with Gasteiger partial charge in [0.05, 0.1) is 17.8 Å². The molecule has 5 rings (SSSR count). The van der Waals surface area contributed by atoms with Crippen LogP contribution in [0.2, 0.25) is 0 Å². The van der Waals surface area contributed by atoms with E-state index < -0.39 is 6.09 Å². The quantitative estimate of drug-likeness (QED) is 0.422. The SMILES string of the molecule is Cc1cc(Nc2cc3nc(CO)ccc3c(N[C@H]3C[C@H]4CC[C@@H](C3)N4C(=O)O)n2)n[nH]1. The molecule has 0 radical (unpaired) electrons. The monoisotopic (exact) mass is 423 g/mol. The van der Waals surface area contributed by atoms with Gasteiger partial charge < -0.3 is 25.7 Å². The van der Waals surface area contributed by atoms with Crippen LogP contribution in [0.1, 0.15) is 37.1 Å². The number of aliphatic hydroxyl groups excluding tert-OH is 1. The molecule has 0 aromatic carbocycles. The van der Waals surface area contributed by atoms with E-state index in [1.165, 1.54) is 0 Å². The number of aromatic nitrogens is 4. The van der Waals surface area contributed by atoms with Crippen LogP contribution < -0.4 is 10.6 Å². The molecule has 2 aliphatic heterocycles. The molecule has 0 unspecified atom stereocenters. The van der Waals surface area contributed by atoms with Crippen molar-refractivity contribution in [3.8, 4) is 0 Å². The zero-order valence-corrected chi connectivity index (χ0v) is 17.2. The molecule has 3 aromatic rings. The summed E-state index contributed by atoms with van der Waals surface area (Å²) in [6.45, 7) is 1.78. The maximum atomic E-state index is 11.6. The lowest BCUT2D eigenvalue weighted by atomic mass is 9.97. The Labute approximate surface area is 178 Å². The van der Waals surface area contributed by atoms with Crippen LogP contribution in [0.25, 0.3) is 10.9 Å². The van der Waals surface area contributed by atoms with E-state index in [2.05, 4.69) is 25.8 Å². The number of aromatic amines is 1. The normalized spacial score (nSPS) is 22.6. The first-order valence-corrected chi connectivity index (χ1v) is 10.5. The first-order valence-electron chi connectivity index (χ1n) is 10.5. The van der Waals surface area contributed by atoms with Crippen LogP contribution in [0.5, 0.6) is 0 Å². The predicted octanol–water partition coefficient (Wildman–Crippen LogP) is 2.98. The van der Waals surface area contributed by atoms with Crippen LogP contribution in [0.4, 0.5) is 22.2 Å². The molecular weight excluding hydrogens is 398 g/mol. The molecule has 2 saturated heterocycles. The molecule has 2 aliphatic rings. The van der Waals surface area contributed by atoms with Gasteiger partial charge in [-0.05, 0) is 44.7 Å². The Kier molecular flexibility index (Phi) is 4.85. The van der Waals surface area contributed by atoms with Crippen molar-refractivity contribution < 1.29 is 15.0 Å². The number of carbonyl (C=O) groups is 1. The van der Waals surface area contributed by atoms with Crippen LogP contribution in [0, 0.1) is 6.92 Å². The van der Waals surface area contributed by atoms with Crippen molar-refractivity contribution in [2.45, 2.75) is 57.3 Å². The largest absolute Gasteiger partial charge is 0.465 e. The molecule has 0 spiro atoms. The van der Waals surface area contributed by atoms with Crippen molar-refractivity contribution in [3.63, 3.8) is 0 Å². The highest BCUT2D eigenvalue weighted by Crippen LogP contribution is 2.37. The summed E-state index contributed by atoms with van der Waals surface area (Å²) in [6, 6.07) is 7.64. The summed E-state index contributed by atoms with van der Waals surface area (Å²) >= 11 is 0. The highest BCUT2D eigenvalue weighted by molar-refractivity contribution is 5.91. The van der Waals surface area contributed by atoms with Crippen molar-refractivity contribution in [2.24, 2.45) is 0 Å². The molecular formula is C21H25N7O3. The minimum atomic E-state index is -0.823. The molecule has 1 amide bonds. The molecule has 31 heavy (non-hydrogen) atoms. The number of aryl methyl sites for hydroxylation is 1. The van der Waals surface area contributed by atoms with Crippen molar-refractivity contribution in [3.05, 3.63) is 35.7 Å². The lowest BCUT2D eigenvalue weighted by Gasteiger charge is -2.37. The number of nitrogens with one attached hydrogen (secondary N) is 3. The Balaban J connectivity index is 1.46.